The molecule has 0 amide bonds. The predicted octanol–water partition coefficient (Wildman–Crippen LogP) is 3.18. The van der Waals surface area contributed by atoms with Gasteiger partial charge in [0.25, 0.3) is 0 Å². The molecular weight excluding hydrogens is 240 g/mol. The number of rotatable bonds is 5. The van der Waals surface area contributed by atoms with E-state index in [1.165, 1.54) is 0 Å². The zero-order valence-corrected chi connectivity index (χ0v) is 11.7. The summed E-state index contributed by atoms with van der Waals surface area (Å²) in [5, 5.41) is 0. The molecule has 1 fully saturated rings. The second kappa shape index (κ2) is 6.71. The van der Waals surface area contributed by atoms with Crippen LogP contribution in [0.5, 0.6) is 5.75 Å². The van der Waals surface area contributed by atoms with Crippen molar-refractivity contribution in [2.45, 2.75) is 32.1 Å². The van der Waals surface area contributed by atoms with Crippen LogP contribution in [-0.2, 0) is 9.53 Å². The molecule has 0 aliphatic carbocycles. The standard InChI is InChI=1S/C16H22O3/c1-12(14-3-5-15(18-2)6-4-14)16(17)11-13-7-9-19-10-8-13/h3-6,12-13H,7-11H2,1-2H3/t12-/m0/s1. The molecule has 0 aromatic heterocycles. The third kappa shape index (κ3) is 3.80. The number of ketones is 1. The number of Topliss-reactive ketones (excluding diaryl/α,β-unsaturated/α-hetero) is 1. The molecular formula is C16H22O3. The molecule has 1 aromatic carbocycles. The van der Waals surface area contributed by atoms with Crippen LogP contribution >= 0.6 is 0 Å². The lowest BCUT2D eigenvalue weighted by molar-refractivity contribution is -0.121. The first-order valence-electron chi connectivity index (χ1n) is 6.95. The van der Waals surface area contributed by atoms with Crippen molar-refractivity contribution in [2.24, 2.45) is 5.92 Å². The van der Waals surface area contributed by atoms with Gasteiger partial charge in [0.1, 0.15) is 11.5 Å². The van der Waals surface area contributed by atoms with Gasteiger partial charge in [-0.2, -0.15) is 0 Å². The van der Waals surface area contributed by atoms with Crippen LogP contribution in [0, 0.1) is 5.92 Å². The van der Waals surface area contributed by atoms with E-state index in [-0.39, 0.29) is 5.92 Å². The quantitative estimate of drug-likeness (QED) is 0.817. The van der Waals surface area contributed by atoms with Gasteiger partial charge in [0, 0.05) is 25.6 Å². The second-order valence-corrected chi connectivity index (χ2v) is 5.22. The minimum atomic E-state index is -0.0336. The van der Waals surface area contributed by atoms with Crippen LogP contribution in [0.15, 0.2) is 24.3 Å². The van der Waals surface area contributed by atoms with Crippen LogP contribution in [0.2, 0.25) is 0 Å². The van der Waals surface area contributed by atoms with Gasteiger partial charge in [-0.05, 0) is 36.5 Å². The van der Waals surface area contributed by atoms with Crippen molar-refractivity contribution in [2.75, 3.05) is 20.3 Å². The highest BCUT2D eigenvalue weighted by Crippen LogP contribution is 2.25. The zero-order chi connectivity index (χ0) is 13.7. The van der Waals surface area contributed by atoms with Crippen molar-refractivity contribution < 1.29 is 14.3 Å². The monoisotopic (exact) mass is 262 g/mol. The molecule has 19 heavy (non-hydrogen) atoms. The summed E-state index contributed by atoms with van der Waals surface area (Å²) in [6.07, 6.45) is 2.71. The van der Waals surface area contributed by atoms with E-state index in [0.717, 1.165) is 37.4 Å². The highest BCUT2D eigenvalue weighted by atomic mass is 16.5. The minimum Gasteiger partial charge on any atom is -0.497 e. The summed E-state index contributed by atoms with van der Waals surface area (Å²) in [7, 11) is 1.65. The van der Waals surface area contributed by atoms with Crippen LogP contribution in [0.4, 0.5) is 0 Å². The molecule has 1 saturated heterocycles. The third-order valence-corrected chi connectivity index (χ3v) is 3.93. The van der Waals surface area contributed by atoms with Gasteiger partial charge in [-0.15, -0.1) is 0 Å². The molecule has 1 aliphatic rings. The number of hydrogen-bond acceptors (Lipinski definition) is 3. The number of benzene rings is 1. The Labute approximate surface area is 114 Å². The Kier molecular flexibility index (Phi) is 4.97. The topological polar surface area (TPSA) is 35.5 Å². The van der Waals surface area contributed by atoms with Gasteiger partial charge in [0.05, 0.1) is 7.11 Å². The summed E-state index contributed by atoms with van der Waals surface area (Å²) in [5.41, 5.74) is 1.07. The summed E-state index contributed by atoms with van der Waals surface area (Å²) in [5.74, 6) is 1.63. The predicted molar refractivity (Wildman–Crippen MR) is 74.6 cm³/mol. The van der Waals surface area contributed by atoms with Crippen molar-refractivity contribution in [3.8, 4) is 5.75 Å². The molecule has 1 aliphatic heterocycles. The van der Waals surface area contributed by atoms with Crippen LogP contribution < -0.4 is 4.74 Å². The molecule has 2 rings (SSSR count). The van der Waals surface area contributed by atoms with E-state index in [1.54, 1.807) is 7.11 Å². The first-order valence-corrected chi connectivity index (χ1v) is 6.95. The molecule has 0 N–H and O–H groups in total. The lowest BCUT2D eigenvalue weighted by Gasteiger charge is -2.22. The maximum Gasteiger partial charge on any atom is 0.140 e. The van der Waals surface area contributed by atoms with Gasteiger partial charge in [-0.25, -0.2) is 0 Å². The molecule has 1 aromatic rings. The fraction of sp³-hybridized carbons (Fsp3) is 0.562. The van der Waals surface area contributed by atoms with Gasteiger partial charge >= 0.3 is 0 Å². The fourth-order valence-corrected chi connectivity index (χ4v) is 2.49. The van der Waals surface area contributed by atoms with Gasteiger partial charge in [-0.3, -0.25) is 4.79 Å². The minimum absolute atomic E-state index is 0.0336. The molecule has 3 heteroatoms. The van der Waals surface area contributed by atoms with Crippen molar-refractivity contribution in [1.29, 1.82) is 0 Å². The van der Waals surface area contributed by atoms with Crippen molar-refractivity contribution in [1.82, 2.24) is 0 Å². The molecule has 0 saturated carbocycles. The summed E-state index contributed by atoms with van der Waals surface area (Å²) >= 11 is 0. The average molecular weight is 262 g/mol. The first kappa shape index (κ1) is 14.1. The largest absolute Gasteiger partial charge is 0.497 e. The van der Waals surface area contributed by atoms with E-state index >= 15 is 0 Å². The number of methoxy groups -OCH3 is 1. The SMILES string of the molecule is COc1ccc([C@H](C)C(=O)CC2CCOCC2)cc1. The Hall–Kier alpha value is -1.35. The lowest BCUT2D eigenvalue weighted by Crippen LogP contribution is -2.21. The molecule has 0 bridgehead atoms. The summed E-state index contributed by atoms with van der Waals surface area (Å²) in [6, 6.07) is 7.78. The van der Waals surface area contributed by atoms with Crippen LogP contribution in [0.25, 0.3) is 0 Å². The van der Waals surface area contributed by atoms with E-state index < -0.39 is 0 Å². The smallest absolute Gasteiger partial charge is 0.140 e. The highest BCUT2D eigenvalue weighted by Gasteiger charge is 2.21. The number of carbonyl (C=O) groups is 1. The number of ether oxygens (including phenoxy) is 2. The average Bonchev–Trinajstić information content (AvgIpc) is 2.47. The van der Waals surface area contributed by atoms with Gasteiger partial charge in [0.2, 0.25) is 0 Å². The number of hydrogen-bond donors (Lipinski definition) is 0. The van der Waals surface area contributed by atoms with Gasteiger partial charge in [0.15, 0.2) is 0 Å². The van der Waals surface area contributed by atoms with Crippen LogP contribution in [0.1, 0.15) is 37.7 Å². The molecule has 0 spiro atoms. The molecule has 0 unspecified atom stereocenters. The molecule has 3 nitrogen and oxygen atoms in total. The van der Waals surface area contributed by atoms with Crippen molar-refractivity contribution in [3.05, 3.63) is 29.8 Å². The number of carbonyl (C=O) groups excluding carboxylic acids is 1. The fourth-order valence-electron chi connectivity index (χ4n) is 2.49. The normalized spacial score (nSPS) is 18.0. The Morgan fingerprint density at radius 2 is 1.95 bits per heavy atom. The zero-order valence-electron chi connectivity index (χ0n) is 11.7. The van der Waals surface area contributed by atoms with Crippen molar-refractivity contribution >= 4 is 5.78 Å². The van der Waals surface area contributed by atoms with E-state index in [0.29, 0.717) is 18.1 Å². The molecule has 0 radical (unpaired) electrons. The Bertz CT molecular complexity index is 405. The molecule has 1 heterocycles. The summed E-state index contributed by atoms with van der Waals surface area (Å²) in [4.78, 5) is 12.3. The van der Waals surface area contributed by atoms with Crippen LogP contribution in [-0.4, -0.2) is 26.1 Å². The maximum atomic E-state index is 12.3. The van der Waals surface area contributed by atoms with Crippen molar-refractivity contribution in [3.63, 3.8) is 0 Å². The third-order valence-electron chi connectivity index (χ3n) is 3.93. The summed E-state index contributed by atoms with van der Waals surface area (Å²) in [6.45, 7) is 3.59. The van der Waals surface area contributed by atoms with E-state index in [2.05, 4.69) is 0 Å². The van der Waals surface area contributed by atoms with Gasteiger partial charge < -0.3 is 9.47 Å². The van der Waals surface area contributed by atoms with E-state index in [9.17, 15) is 4.79 Å². The Balaban J connectivity index is 1.93. The highest BCUT2D eigenvalue weighted by molar-refractivity contribution is 5.85. The van der Waals surface area contributed by atoms with E-state index in [1.807, 2.05) is 31.2 Å². The second-order valence-electron chi connectivity index (χ2n) is 5.22. The lowest BCUT2D eigenvalue weighted by atomic mass is 9.87. The molecule has 104 valence electrons. The van der Waals surface area contributed by atoms with Crippen LogP contribution in [0.3, 0.4) is 0 Å². The Morgan fingerprint density at radius 3 is 2.53 bits per heavy atom. The molecule has 1 atom stereocenters. The Morgan fingerprint density at radius 1 is 1.32 bits per heavy atom. The van der Waals surface area contributed by atoms with Gasteiger partial charge in [-0.1, -0.05) is 19.1 Å². The van der Waals surface area contributed by atoms with E-state index in [4.69, 9.17) is 9.47 Å². The summed E-state index contributed by atoms with van der Waals surface area (Å²) < 4.78 is 10.5. The first-order chi connectivity index (χ1) is 9.20. The maximum absolute atomic E-state index is 12.3.